The highest BCUT2D eigenvalue weighted by molar-refractivity contribution is 5.94. The molecular weight excluding hydrogens is 354 g/mol. The summed E-state index contributed by atoms with van der Waals surface area (Å²) in [5.41, 5.74) is 2.52. The van der Waals surface area contributed by atoms with Crippen molar-refractivity contribution in [2.24, 2.45) is 7.05 Å². The number of carbonyl (C=O) groups excluding carboxylic acids is 1. The fourth-order valence-electron chi connectivity index (χ4n) is 3.02. The predicted molar refractivity (Wildman–Crippen MR) is 110 cm³/mol. The molecule has 0 saturated carbocycles. The molecule has 0 spiro atoms. The van der Waals surface area contributed by atoms with Gasteiger partial charge in [0.2, 0.25) is 0 Å². The molecule has 28 heavy (non-hydrogen) atoms. The van der Waals surface area contributed by atoms with Crippen molar-refractivity contribution in [3.05, 3.63) is 76.2 Å². The normalized spacial score (nSPS) is 11.9. The third-order valence-electron chi connectivity index (χ3n) is 4.76. The number of carbonyl (C=O) groups is 1. The number of nitrogens with one attached hydrogen (secondary N) is 1. The van der Waals surface area contributed by atoms with Gasteiger partial charge >= 0.3 is 0 Å². The van der Waals surface area contributed by atoms with Gasteiger partial charge in [-0.3, -0.25) is 14.3 Å². The first-order chi connectivity index (χ1) is 13.4. The Bertz CT molecular complexity index is 1020. The molecule has 1 atom stereocenters. The summed E-state index contributed by atoms with van der Waals surface area (Å²) < 4.78 is 9.09. The summed E-state index contributed by atoms with van der Waals surface area (Å²) in [5, 5.41) is 2.77. The Hall–Kier alpha value is -3.28. The molecule has 146 valence electrons. The number of hydrogen-bond acceptors (Lipinski definition) is 3. The summed E-state index contributed by atoms with van der Waals surface area (Å²) in [7, 11) is 1.79. The Morgan fingerprint density at radius 2 is 1.71 bits per heavy atom. The lowest BCUT2D eigenvalue weighted by Gasteiger charge is -2.17. The van der Waals surface area contributed by atoms with Crippen LogP contribution in [0, 0.1) is 13.8 Å². The number of nitrogens with zero attached hydrogens (tertiary/aromatic N) is 2. The van der Waals surface area contributed by atoms with E-state index in [2.05, 4.69) is 5.32 Å². The quantitative estimate of drug-likeness (QED) is 0.712. The molecule has 0 aliphatic rings. The SMILES string of the molecule is CC[C@@H](Oc1ccc(C)cc1)C(=O)Nc1c(C)n(C)n(-c2ccccc2)c1=O. The first-order valence-corrected chi connectivity index (χ1v) is 9.30. The number of aryl methyl sites for hydroxylation is 1. The predicted octanol–water partition coefficient (Wildman–Crippen LogP) is 3.59. The van der Waals surface area contributed by atoms with E-state index in [1.807, 2.05) is 68.4 Å². The molecule has 3 aromatic rings. The van der Waals surface area contributed by atoms with Gasteiger partial charge in [0.25, 0.3) is 11.5 Å². The summed E-state index contributed by atoms with van der Waals surface area (Å²) in [6.45, 7) is 5.67. The molecule has 0 radical (unpaired) electrons. The maximum Gasteiger partial charge on any atom is 0.295 e. The second-order valence-corrected chi connectivity index (χ2v) is 6.75. The molecule has 0 aliphatic carbocycles. The first-order valence-electron chi connectivity index (χ1n) is 9.30. The number of aromatic nitrogens is 2. The average Bonchev–Trinajstić information content (AvgIpc) is 2.91. The second-order valence-electron chi connectivity index (χ2n) is 6.75. The lowest BCUT2D eigenvalue weighted by Crippen LogP contribution is -2.34. The highest BCUT2D eigenvalue weighted by Crippen LogP contribution is 2.17. The van der Waals surface area contributed by atoms with Crippen LogP contribution in [-0.2, 0) is 11.8 Å². The van der Waals surface area contributed by atoms with E-state index in [-0.39, 0.29) is 17.2 Å². The smallest absolute Gasteiger partial charge is 0.295 e. The van der Waals surface area contributed by atoms with Crippen LogP contribution in [-0.4, -0.2) is 21.4 Å². The molecule has 0 aliphatic heterocycles. The average molecular weight is 379 g/mol. The fourth-order valence-corrected chi connectivity index (χ4v) is 3.02. The molecule has 0 unspecified atom stereocenters. The van der Waals surface area contributed by atoms with Gasteiger partial charge in [0.1, 0.15) is 11.4 Å². The van der Waals surface area contributed by atoms with E-state index in [1.165, 1.54) is 4.68 Å². The van der Waals surface area contributed by atoms with E-state index >= 15 is 0 Å². The Morgan fingerprint density at radius 1 is 1.07 bits per heavy atom. The molecular formula is C22H25N3O3. The van der Waals surface area contributed by atoms with Crippen LogP contribution >= 0.6 is 0 Å². The van der Waals surface area contributed by atoms with Crippen molar-refractivity contribution in [3.63, 3.8) is 0 Å². The zero-order valence-corrected chi connectivity index (χ0v) is 16.6. The van der Waals surface area contributed by atoms with E-state index in [0.29, 0.717) is 17.9 Å². The van der Waals surface area contributed by atoms with Gasteiger partial charge < -0.3 is 10.1 Å². The standard InChI is InChI=1S/C22H25N3O3/c1-5-19(28-18-13-11-15(2)12-14-18)21(26)23-20-16(3)24(4)25(22(20)27)17-9-7-6-8-10-17/h6-14,19H,5H2,1-4H3,(H,23,26)/t19-/m1/s1. The van der Waals surface area contributed by atoms with E-state index in [9.17, 15) is 9.59 Å². The minimum Gasteiger partial charge on any atom is -0.481 e. The summed E-state index contributed by atoms with van der Waals surface area (Å²) in [4.78, 5) is 25.7. The van der Waals surface area contributed by atoms with Gasteiger partial charge in [-0.15, -0.1) is 0 Å². The van der Waals surface area contributed by atoms with E-state index in [0.717, 1.165) is 11.3 Å². The number of para-hydroxylation sites is 1. The van der Waals surface area contributed by atoms with Crippen LogP contribution in [0.2, 0.25) is 0 Å². The summed E-state index contributed by atoms with van der Waals surface area (Å²) in [5.74, 6) is 0.285. The number of benzene rings is 2. The van der Waals surface area contributed by atoms with Crippen molar-refractivity contribution < 1.29 is 9.53 Å². The molecule has 6 heteroatoms. The molecule has 1 N–H and O–H groups in total. The van der Waals surface area contributed by atoms with Crippen molar-refractivity contribution in [2.75, 3.05) is 5.32 Å². The van der Waals surface area contributed by atoms with E-state index in [1.54, 1.807) is 18.7 Å². The summed E-state index contributed by atoms with van der Waals surface area (Å²) >= 11 is 0. The van der Waals surface area contributed by atoms with Crippen molar-refractivity contribution in [1.29, 1.82) is 0 Å². The van der Waals surface area contributed by atoms with Gasteiger partial charge in [-0.25, -0.2) is 4.68 Å². The van der Waals surface area contributed by atoms with Crippen LogP contribution in [0.4, 0.5) is 5.69 Å². The molecule has 1 aromatic heterocycles. The highest BCUT2D eigenvalue weighted by atomic mass is 16.5. The number of hydrogen-bond donors (Lipinski definition) is 1. The number of amides is 1. The van der Waals surface area contributed by atoms with Crippen molar-refractivity contribution in [2.45, 2.75) is 33.3 Å². The number of rotatable bonds is 6. The van der Waals surface area contributed by atoms with Crippen molar-refractivity contribution >= 4 is 11.6 Å². The van der Waals surface area contributed by atoms with E-state index in [4.69, 9.17) is 4.74 Å². The molecule has 6 nitrogen and oxygen atoms in total. The number of anilines is 1. The van der Waals surface area contributed by atoms with Gasteiger partial charge in [0.05, 0.1) is 11.4 Å². The van der Waals surface area contributed by atoms with Crippen molar-refractivity contribution in [1.82, 2.24) is 9.36 Å². The number of ether oxygens (including phenoxy) is 1. The van der Waals surface area contributed by atoms with E-state index < -0.39 is 6.10 Å². The Morgan fingerprint density at radius 3 is 2.32 bits per heavy atom. The molecule has 0 fully saturated rings. The van der Waals surface area contributed by atoms with Gasteiger partial charge in [0, 0.05) is 7.05 Å². The van der Waals surface area contributed by atoms with Crippen LogP contribution in [0.5, 0.6) is 5.75 Å². The van der Waals surface area contributed by atoms with Crippen LogP contribution < -0.4 is 15.6 Å². The summed E-state index contributed by atoms with van der Waals surface area (Å²) in [6.07, 6.45) is -0.203. The Labute approximate surface area is 164 Å². The monoisotopic (exact) mass is 379 g/mol. The summed E-state index contributed by atoms with van der Waals surface area (Å²) in [6, 6.07) is 16.9. The minimum atomic E-state index is -0.688. The largest absolute Gasteiger partial charge is 0.481 e. The van der Waals surface area contributed by atoms with Crippen LogP contribution in [0.15, 0.2) is 59.4 Å². The van der Waals surface area contributed by atoms with Gasteiger partial charge in [-0.1, -0.05) is 42.8 Å². The third kappa shape index (κ3) is 3.86. The van der Waals surface area contributed by atoms with Crippen LogP contribution in [0.3, 0.4) is 0 Å². The highest BCUT2D eigenvalue weighted by Gasteiger charge is 2.23. The lowest BCUT2D eigenvalue weighted by atomic mass is 10.2. The zero-order chi connectivity index (χ0) is 20.3. The Kier molecular flexibility index (Phi) is 5.68. The first kappa shape index (κ1) is 19.5. The zero-order valence-electron chi connectivity index (χ0n) is 16.6. The molecule has 0 saturated heterocycles. The van der Waals surface area contributed by atoms with Gasteiger partial charge in [0.15, 0.2) is 6.10 Å². The molecule has 3 rings (SSSR count). The molecule has 2 aromatic carbocycles. The van der Waals surface area contributed by atoms with Gasteiger partial charge in [-0.2, -0.15) is 0 Å². The Balaban J connectivity index is 1.85. The molecule has 1 amide bonds. The topological polar surface area (TPSA) is 65.3 Å². The fraction of sp³-hybridized carbons (Fsp3) is 0.273. The lowest BCUT2D eigenvalue weighted by molar-refractivity contribution is -0.122. The maximum atomic E-state index is 12.9. The van der Waals surface area contributed by atoms with Crippen LogP contribution in [0.1, 0.15) is 24.6 Å². The van der Waals surface area contributed by atoms with Gasteiger partial charge in [-0.05, 0) is 44.5 Å². The maximum absolute atomic E-state index is 12.9. The van der Waals surface area contributed by atoms with Crippen molar-refractivity contribution in [3.8, 4) is 11.4 Å². The molecule has 1 heterocycles. The molecule has 0 bridgehead atoms. The minimum absolute atomic E-state index is 0.266. The second kappa shape index (κ2) is 8.17. The van der Waals surface area contributed by atoms with Crippen LogP contribution in [0.25, 0.3) is 5.69 Å². The third-order valence-corrected chi connectivity index (χ3v) is 4.76.